The number of morpholine rings is 1. The van der Waals surface area contributed by atoms with Gasteiger partial charge in [-0.25, -0.2) is 14.8 Å². The van der Waals surface area contributed by atoms with Crippen molar-refractivity contribution >= 4 is 12.0 Å². The van der Waals surface area contributed by atoms with Crippen molar-refractivity contribution in [3.05, 3.63) is 18.0 Å². The average Bonchev–Trinajstić information content (AvgIpc) is 3.25. The van der Waals surface area contributed by atoms with Gasteiger partial charge in [0.05, 0.1) is 18.8 Å². The van der Waals surface area contributed by atoms with Crippen LogP contribution in [0, 0.1) is 5.92 Å². The summed E-state index contributed by atoms with van der Waals surface area (Å²) in [4.78, 5) is 26.0. The van der Waals surface area contributed by atoms with Crippen LogP contribution in [0.5, 0.6) is 0 Å². The zero-order valence-corrected chi connectivity index (χ0v) is 16.3. The lowest BCUT2D eigenvalue weighted by molar-refractivity contribution is -0.0181. The molecule has 3 fully saturated rings. The molecule has 3 heterocycles. The molecule has 0 spiro atoms. The SMILES string of the molecule is CC1CCC(NC(=O)N2CCOC(c3ccnc(N4CCCC4)n3)C2)CC1. The van der Waals surface area contributed by atoms with Gasteiger partial charge in [-0.1, -0.05) is 6.92 Å². The third kappa shape index (κ3) is 4.51. The maximum Gasteiger partial charge on any atom is 0.317 e. The van der Waals surface area contributed by atoms with Crippen LogP contribution in [0.25, 0.3) is 0 Å². The number of rotatable bonds is 3. The van der Waals surface area contributed by atoms with E-state index in [0.29, 0.717) is 25.7 Å². The Bertz CT molecular complexity index is 641. The Morgan fingerprint density at radius 1 is 1.19 bits per heavy atom. The van der Waals surface area contributed by atoms with Gasteiger partial charge < -0.3 is 19.9 Å². The topological polar surface area (TPSA) is 70.6 Å². The minimum absolute atomic E-state index is 0.0386. The largest absolute Gasteiger partial charge is 0.368 e. The number of urea groups is 1. The summed E-state index contributed by atoms with van der Waals surface area (Å²) in [7, 11) is 0. The van der Waals surface area contributed by atoms with Crippen molar-refractivity contribution in [1.82, 2.24) is 20.2 Å². The first-order valence-electron chi connectivity index (χ1n) is 10.4. The zero-order valence-electron chi connectivity index (χ0n) is 16.3. The molecule has 0 bridgehead atoms. The molecular formula is C20H31N5O2. The highest BCUT2D eigenvalue weighted by atomic mass is 16.5. The van der Waals surface area contributed by atoms with Gasteiger partial charge in [-0.2, -0.15) is 0 Å². The van der Waals surface area contributed by atoms with Crippen molar-refractivity contribution in [3.63, 3.8) is 0 Å². The number of anilines is 1. The second-order valence-electron chi connectivity index (χ2n) is 8.19. The summed E-state index contributed by atoms with van der Waals surface area (Å²) in [6.07, 6.45) is 8.61. The summed E-state index contributed by atoms with van der Waals surface area (Å²) < 4.78 is 5.94. The lowest BCUT2D eigenvalue weighted by atomic mass is 9.87. The quantitative estimate of drug-likeness (QED) is 0.882. The molecule has 0 aromatic carbocycles. The maximum atomic E-state index is 12.7. The molecule has 1 N–H and O–H groups in total. The van der Waals surface area contributed by atoms with E-state index in [1.165, 1.54) is 25.7 Å². The first-order valence-corrected chi connectivity index (χ1v) is 10.4. The second-order valence-corrected chi connectivity index (χ2v) is 8.19. The highest BCUT2D eigenvalue weighted by molar-refractivity contribution is 5.74. The standard InChI is InChI=1S/C20H31N5O2/c1-15-4-6-16(7-5-15)22-20(26)25-12-13-27-18(14-25)17-8-9-21-19(23-17)24-10-2-3-11-24/h8-9,15-16,18H,2-7,10-14H2,1H3,(H,22,26). The number of hydrogen-bond acceptors (Lipinski definition) is 5. The van der Waals surface area contributed by atoms with E-state index < -0.39 is 0 Å². The summed E-state index contributed by atoms with van der Waals surface area (Å²) in [6.45, 7) is 6.06. The molecule has 7 heteroatoms. The molecule has 0 radical (unpaired) electrons. The lowest BCUT2D eigenvalue weighted by Crippen LogP contribution is -2.50. The van der Waals surface area contributed by atoms with Crippen LogP contribution in [-0.2, 0) is 4.74 Å². The van der Waals surface area contributed by atoms with Crippen molar-refractivity contribution < 1.29 is 9.53 Å². The van der Waals surface area contributed by atoms with Gasteiger partial charge in [-0.05, 0) is 50.5 Å². The van der Waals surface area contributed by atoms with Crippen LogP contribution in [0.3, 0.4) is 0 Å². The summed E-state index contributed by atoms with van der Waals surface area (Å²) in [5.74, 6) is 1.57. The molecule has 1 atom stereocenters. The van der Waals surface area contributed by atoms with Gasteiger partial charge >= 0.3 is 6.03 Å². The molecule has 3 aliphatic rings. The molecule has 2 aliphatic heterocycles. The number of carbonyl (C=O) groups excluding carboxylic acids is 1. The second kappa shape index (κ2) is 8.42. The van der Waals surface area contributed by atoms with E-state index in [1.54, 1.807) is 0 Å². The Kier molecular flexibility index (Phi) is 5.76. The minimum Gasteiger partial charge on any atom is -0.368 e. The van der Waals surface area contributed by atoms with Crippen LogP contribution in [0.15, 0.2) is 12.3 Å². The summed E-state index contributed by atoms with van der Waals surface area (Å²) in [5.41, 5.74) is 0.871. The van der Waals surface area contributed by atoms with Crippen molar-refractivity contribution in [1.29, 1.82) is 0 Å². The van der Waals surface area contributed by atoms with E-state index in [-0.39, 0.29) is 12.1 Å². The Morgan fingerprint density at radius 2 is 1.96 bits per heavy atom. The molecule has 1 aliphatic carbocycles. The van der Waals surface area contributed by atoms with Crippen LogP contribution in [0.4, 0.5) is 10.7 Å². The first-order chi connectivity index (χ1) is 13.2. The summed E-state index contributed by atoms with van der Waals surface area (Å²) in [5, 5.41) is 3.23. The van der Waals surface area contributed by atoms with Crippen LogP contribution < -0.4 is 10.2 Å². The van der Waals surface area contributed by atoms with Crippen LogP contribution in [-0.4, -0.2) is 59.7 Å². The van der Waals surface area contributed by atoms with E-state index in [2.05, 4.69) is 22.1 Å². The molecule has 2 amide bonds. The smallest absolute Gasteiger partial charge is 0.317 e. The van der Waals surface area contributed by atoms with Gasteiger partial charge in [-0.3, -0.25) is 0 Å². The van der Waals surface area contributed by atoms with Gasteiger partial charge in [-0.15, -0.1) is 0 Å². The number of nitrogens with one attached hydrogen (secondary N) is 1. The van der Waals surface area contributed by atoms with Crippen molar-refractivity contribution in [3.8, 4) is 0 Å². The van der Waals surface area contributed by atoms with Crippen LogP contribution in [0.1, 0.15) is 57.2 Å². The predicted octanol–water partition coefficient (Wildman–Crippen LogP) is 2.74. The molecule has 7 nitrogen and oxygen atoms in total. The van der Waals surface area contributed by atoms with Gasteiger partial charge in [0.1, 0.15) is 6.10 Å². The number of hydrogen-bond donors (Lipinski definition) is 1. The molecule has 1 aromatic heterocycles. The van der Waals surface area contributed by atoms with E-state index in [9.17, 15) is 4.79 Å². The third-order valence-corrected chi connectivity index (χ3v) is 6.08. The predicted molar refractivity (Wildman–Crippen MR) is 104 cm³/mol. The fraction of sp³-hybridized carbons (Fsp3) is 0.750. The van der Waals surface area contributed by atoms with E-state index in [1.807, 2.05) is 17.2 Å². The molecule has 1 saturated carbocycles. The van der Waals surface area contributed by atoms with E-state index >= 15 is 0 Å². The molecule has 1 aromatic rings. The first kappa shape index (κ1) is 18.5. The number of aromatic nitrogens is 2. The Balaban J connectivity index is 1.36. The molecule has 148 valence electrons. The normalized spacial score (nSPS) is 29.0. The minimum atomic E-state index is -0.180. The fourth-order valence-electron chi connectivity index (χ4n) is 4.29. The molecule has 2 saturated heterocycles. The zero-order chi connectivity index (χ0) is 18.6. The van der Waals surface area contributed by atoms with Gasteiger partial charge in [0.2, 0.25) is 5.95 Å². The number of amides is 2. The number of nitrogens with zero attached hydrogens (tertiary/aromatic N) is 4. The Labute approximate surface area is 161 Å². The molecule has 27 heavy (non-hydrogen) atoms. The summed E-state index contributed by atoms with van der Waals surface area (Å²) in [6, 6.07) is 2.27. The Hall–Kier alpha value is -1.89. The maximum absolute atomic E-state index is 12.7. The molecule has 4 rings (SSSR count). The van der Waals surface area contributed by atoms with Crippen LogP contribution >= 0.6 is 0 Å². The van der Waals surface area contributed by atoms with Crippen molar-refractivity contribution in [2.24, 2.45) is 5.92 Å². The highest BCUT2D eigenvalue weighted by Crippen LogP contribution is 2.25. The highest BCUT2D eigenvalue weighted by Gasteiger charge is 2.29. The van der Waals surface area contributed by atoms with E-state index in [4.69, 9.17) is 9.72 Å². The van der Waals surface area contributed by atoms with Gasteiger partial charge in [0, 0.05) is 31.9 Å². The third-order valence-electron chi connectivity index (χ3n) is 6.08. The van der Waals surface area contributed by atoms with Gasteiger partial charge in [0.15, 0.2) is 0 Å². The fourth-order valence-corrected chi connectivity index (χ4v) is 4.29. The van der Waals surface area contributed by atoms with Gasteiger partial charge in [0.25, 0.3) is 0 Å². The monoisotopic (exact) mass is 373 g/mol. The van der Waals surface area contributed by atoms with Crippen molar-refractivity contribution in [2.45, 2.75) is 57.6 Å². The lowest BCUT2D eigenvalue weighted by Gasteiger charge is -2.35. The number of ether oxygens (including phenoxy) is 1. The van der Waals surface area contributed by atoms with Crippen molar-refractivity contribution in [2.75, 3.05) is 37.7 Å². The number of carbonyl (C=O) groups is 1. The summed E-state index contributed by atoms with van der Waals surface area (Å²) >= 11 is 0. The average molecular weight is 374 g/mol. The van der Waals surface area contributed by atoms with E-state index in [0.717, 1.165) is 43.5 Å². The molecule has 1 unspecified atom stereocenters. The molecular weight excluding hydrogens is 342 g/mol. The van der Waals surface area contributed by atoms with Crippen LogP contribution in [0.2, 0.25) is 0 Å². The Morgan fingerprint density at radius 3 is 2.74 bits per heavy atom.